The molecule has 3 nitrogen and oxygen atoms in total. The van der Waals surface area contributed by atoms with E-state index in [4.69, 9.17) is 11.6 Å². The van der Waals surface area contributed by atoms with Crippen molar-refractivity contribution >= 4 is 22.8 Å². The first-order chi connectivity index (χ1) is 7.68. The van der Waals surface area contributed by atoms with Crippen LogP contribution in [0.3, 0.4) is 0 Å². The van der Waals surface area contributed by atoms with E-state index < -0.39 is 11.2 Å². The summed E-state index contributed by atoms with van der Waals surface area (Å²) in [7, 11) is 0. The fourth-order valence-corrected chi connectivity index (χ4v) is 2.45. The van der Waals surface area contributed by atoms with Crippen LogP contribution in [-0.4, -0.2) is 20.8 Å². The van der Waals surface area contributed by atoms with Gasteiger partial charge in [0.05, 0.1) is 10.7 Å². The predicted octanol–water partition coefficient (Wildman–Crippen LogP) is 2.53. The quantitative estimate of drug-likeness (QED) is 0.772. The van der Waals surface area contributed by atoms with Crippen molar-refractivity contribution < 1.29 is 4.55 Å². The lowest BCUT2D eigenvalue weighted by Gasteiger charge is -2.07. The van der Waals surface area contributed by atoms with Crippen LogP contribution in [0.15, 0.2) is 41.7 Å². The maximum atomic E-state index is 11.3. The number of benzene rings is 1. The van der Waals surface area contributed by atoms with E-state index in [-0.39, 0.29) is 0 Å². The van der Waals surface area contributed by atoms with Crippen molar-refractivity contribution in [1.29, 1.82) is 0 Å². The molecule has 2 rings (SSSR count). The number of hydrogen-bond donors (Lipinski definition) is 0. The zero-order valence-electron chi connectivity index (χ0n) is 8.55. The summed E-state index contributed by atoms with van der Waals surface area (Å²) in [6.45, 7) is 0. The van der Waals surface area contributed by atoms with E-state index in [1.807, 2.05) is 6.07 Å². The SMILES string of the molecule is C[S+]([O-])c1ccc(-c2ccncn2)cc1Cl. The summed E-state index contributed by atoms with van der Waals surface area (Å²) in [4.78, 5) is 8.60. The summed E-state index contributed by atoms with van der Waals surface area (Å²) in [5, 5.41) is 0.497. The van der Waals surface area contributed by atoms with Crippen LogP contribution in [0.25, 0.3) is 11.3 Å². The molecule has 1 heterocycles. The molecule has 16 heavy (non-hydrogen) atoms. The van der Waals surface area contributed by atoms with Crippen molar-refractivity contribution in [2.24, 2.45) is 0 Å². The Bertz CT molecular complexity index is 491. The minimum atomic E-state index is -1.07. The van der Waals surface area contributed by atoms with Gasteiger partial charge in [-0.2, -0.15) is 0 Å². The smallest absolute Gasteiger partial charge is 0.171 e. The standard InChI is InChI=1S/C11H9ClN2OS/c1-16(15)11-3-2-8(6-9(11)12)10-4-5-13-7-14-10/h2-7H,1H3. The number of rotatable bonds is 2. The molecule has 82 valence electrons. The molecule has 0 saturated heterocycles. The molecule has 0 spiro atoms. The second-order valence-electron chi connectivity index (χ2n) is 3.19. The normalized spacial score (nSPS) is 12.4. The zero-order chi connectivity index (χ0) is 11.5. The molecule has 1 aromatic heterocycles. The third kappa shape index (κ3) is 2.35. The van der Waals surface area contributed by atoms with Gasteiger partial charge in [0.25, 0.3) is 0 Å². The monoisotopic (exact) mass is 252 g/mol. The van der Waals surface area contributed by atoms with Gasteiger partial charge in [0, 0.05) is 11.8 Å². The Labute approximate surface area is 102 Å². The van der Waals surface area contributed by atoms with Crippen LogP contribution in [0.4, 0.5) is 0 Å². The Morgan fingerprint density at radius 1 is 1.31 bits per heavy atom. The highest BCUT2D eigenvalue weighted by molar-refractivity contribution is 7.90. The summed E-state index contributed by atoms with van der Waals surface area (Å²) < 4.78 is 11.3. The highest BCUT2D eigenvalue weighted by atomic mass is 35.5. The molecule has 0 radical (unpaired) electrons. The molecule has 1 atom stereocenters. The molecule has 0 bridgehead atoms. The molecule has 0 aliphatic rings. The molecular formula is C11H9ClN2OS. The van der Waals surface area contributed by atoms with Crippen molar-refractivity contribution in [3.05, 3.63) is 41.8 Å². The van der Waals surface area contributed by atoms with Crippen LogP contribution < -0.4 is 0 Å². The van der Waals surface area contributed by atoms with Crippen molar-refractivity contribution in [2.45, 2.75) is 4.90 Å². The van der Waals surface area contributed by atoms with Crippen molar-refractivity contribution in [1.82, 2.24) is 9.97 Å². The molecule has 2 aromatic rings. The van der Waals surface area contributed by atoms with Crippen molar-refractivity contribution in [3.63, 3.8) is 0 Å². The first kappa shape index (κ1) is 11.4. The lowest BCUT2D eigenvalue weighted by Crippen LogP contribution is -1.98. The Morgan fingerprint density at radius 3 is 2.69 bits per heavy atom. The molecule has 5 heteroatoms. The number of aromatic nitrogens is 2. The van der Waals surface area contributed by atoms with Gasteiger partial charge in [-0.05, 0) is 35.4 Å². The fraction of sp³-hybridized carbons (Fsp3) is 0.0909. The number of nitrogens with zero attached hydrogens (tertiary/aromatic N) is 2. The Kier molecular flexibility index (Phi) is 3.43. The van der Waals surface area contributed by atoms with Gasteiger partial charge in [0.1, 0.15) is 12.6 Å². The molecule has 1 aromatic carbocycles. The van der Waals surface area contributed by atoms with Crippen LogP contribution >= 0.6 is 11.6 Å². The van der Waals surface area contributed by atoms with E-state index in [9.17, 15) is 4.55 Å². The Hall–Kier alpha value is -1.10. The molecular weight excluding hydrogens is 244 g/mol. The van der Waals surface area contributed by atoms with Gasteiger partial charge < -0.3 is 4.55 Å². The van der Waals surface area contributed by atoms with Crippen molar-refractivity contribution in [3.8, 4) is 11.3 Å². The maximum absolute atomic E-state index is 11.3. The Morgan fingerprint density at radius 2 is 2.12 bits per heavy atom. The number of halogens is 1. The minimum Gasteiger partial charge on any atom is -0.612 e. The lowest BCUT2D eigenvalue weighted by molar-refractivity contribution is 0.601. The van der Waals surface area contributed by atoms with Crippen molar-refractivity contribution in [2.75, 3.05) is 6.26 Å². The summed E-state index contributed by atoms with van der Waals surface area (Å²) in [6, 6.07) is 7.18. The highest BCUT2D eigenvalue weighted by Crippen LogP contribution is 2.26. The second-order valence-corrected chi connectivity index (χ2v) is 4.95. The van der Waals surface area contributed by atoms with E-state index in [1.54, 1.807) is 30.7 Å². The third-order valence-electron chi connectivity index (χ3n) is 2.12. The molecule has 0 N–H and O–H groups in total. The first-order valence-corrected chi connectivity index (χ1v) is 6.51. The lowest BCUT2D eigenvalue weighted by atomic mass is 10.1. The molecule has 1 unspecified atom stereocenters. The first-order valence-electron chi connectivity index (χ1n) is 4.58. The molecule has 0 saturated carbocycles. The van der Waals surface area contributed by atoms with Gasteiger partial charge >= 0.3 is 0 Å². The van der Waals surface area contributed by atoms with Gasteiger partial charge in [-0.15, -0.1) is 0 Å². The highest BCUT2D eigenvalue weighted by Gasteiger charge is 2.11. The summed E-state index contributed by atoms with van der Waals surface area (Å²) in [6.07, 6.45) is 4.75. The average molecular weight is 253 g/mol. The van der Waals surface area contributed by atoms with Crippen LogP contribution in [0.2, 0.25) is 5.02 Å². The topological polar surface area (TPSA) is 48.8 Å². The van der Waals surface area contributed by atoms with Gasteiger partial charge in [0.15, 0.2) is 4.90 Å². The van der Waals surface area contributed by atoms with Gasteiger partial charge in [-0.25, -0.2) is 9.97 Å². The van der Waals surface area contributed by atoms with Gasteiger partial charge in [-0.3, -0.25) is 0 Å². The van der Waals surface area contributed by atoms with E-state index in [1.165, 1.54) is 6.33 Å². The zero-order valence-corrected chi connectivity index (χ0v) is 10.1. The van der Waals surface area contributed by atoms with Crippen LogP contribution in [0.1, 0.15) is 0 Å². The van der Waals surface area contributed by atoms with Crippen LogP contribution in [0.5, 0.6) is 0 Å². The second kappa shape index (κ2) is 4.82. The van der Waals surface area contributed by atoms with E-state index >= 15 is 0 Å². The summed E-state index contributed by atoms with van der Waals surface area (Å²) >= 11 is 4.97. The largest absolute Gasteiger partial charge is 0.612 e. The summed E-state index contributed by atoms with van der Waals surface area (Å²) in [5.74, 6) is 0. The third-order valence-corrected chi connectivity index (χ3v) is 3.52. The number of hydrogen-bond acceptors (Lipinski definition) is 3. The molecule has 0 amide bonds. The maximum Gasteiger partial charge on any atom is 0.171 e. The fourth-order valence-electron chi connectivity index (χ4n) is 1.35. The van der Waals surface area contributed by atoms with Crippen LogP contribution in [-0.2, 0) is 11.2 Å². The molecule has 0 fully saturated rings. The minimum absolute atomic E-state index is 0.497. The van der Waals surface area contributed by atoms with E-state index in [0.29, 0.717) is 9.92 Å². The molecule has 0 aliphatic heterocycles. The Balaban J connectivity index is 2.43. The average Bonchev–Trinajstić information content (AvgIpc) is 2.29. The predicted molar refractivity (Wildman–Crippen MR) is 64.8 cm³/mol. The van der Waals surface area contributed by atoms with Gasteiger partial charge in [-0.1, -0.05) is 11.6 Å². The van der Waals surface area contributed by atoms with Crippen LogP contribution in [0, 0.1) is 0 Å². The summed E-state index contributed by atoms with van der Waals surface area (Å²) in [5.41, 5.74) is 1.69. The molecule has 0 aliphatic carbocycles. The van der Waals surface area contributed by atoms with Gasteiger partial charge in [0.2, 0.25) is 0 Å². The van der Waals surface area contributed by atoms with E-state index in [2.05, 4.69) is 9.97 Å². The van der Waals surface area contributed by atoms with E-state index in [0.717, 1.165) is 11.3 Å².